The Hall–Kier alpha value is 0.554. The molecule has 0 radical (unpaired) electrons. The average molecular weight is 140 g/mol. The monoisotopic (exact) mass is 140 g/mol. The van der Waals surface area contributed by atoms with Gasteiger partial charge in [0, 0.05) is 0 Å². The Bertz CT molecular complexity index is 11.7. The minimum absolute atomic E-state index is 0. The molecule has 0 fully saturated rings. The molecule has 0 unspecified atom stereocenters. The summed E-state index contributed by atoms with van der Waals surface area (Å²) in [6.45, 7) is -2.50. The van der Waals surface area contributed by atoms with Crippen LogP contribution in [-0.4, -0.2) is 13.6 Å². The number of hydrogen-bond acceptors (Lipinski definition) is 4. The molecule has 4 nitrogen and oxygen atoms in total. The molecule has 0 heterocycles. The molecule has 0 amide bonds. The van der Waals surface area contributed by atoms with Crippen molar-refractivity contribution >= 4 is 0 Å². The summed E-state index contributed by atoms with van der Waals surface area (Å²) in [5, 5.41) is 33.5. The second-order valence-corrected chi connectivity index (χ2v) is 0.236. The summed E-state index contributed by atoms with van der Waals surface area (Å²) in [6.07, 6.45) is 0. The summed E-state index contributed by atoms with van der Waals surface area (Å²) in [5.74, 6) is 0. The first-order valence-corrected chi connectivity index (χ1v) is 1.15. The van der Waals surface area contributed by atoms with Gasteiger partial charge in [0.05, 0.1) is 0 Å². The van der Waals surface area contributed by atoms with Gasteiger partial charge >= 0.3 is 21.7 Å². The SMILES string of the molecule is [O-]C[O-].[O-]C[O-].[Ti+4]. The molecule has 0 aliphatic carbocycles. The molecule has 0 aromatic heterocycles. The van der Waals surface area contributed by atoms with Gasteiger partial charge < -0.3 is 20.4 Å². The molecule has 0 aliphatic heterocycles. The Morgan fingerprint density at radius 1 is 0.714 bits per heavy atom. The summed E-state index contributed by atoms with van der Waals surface area (Å²) < 4.78 is 0. The van der Waals surface area contributed by atoms with E-state index in [4.69, 9.17) is 20.4 Å². The zero-order chi connectivity index (χ0) is 5.41. The van der Waals surface area contributed by atoms with Gasteiger partial charge in [-0.15, -0.1) is 0 Å². The van der Waals surface area contributed by atoms with Crippen molar-refractivity contribution in [2.45, 2.75) is 0 Å². The summed E-state index contributed by atoms with van der Waals surface area (Å²) in [7, 11) is 0. The van der Waals surface area contributed by atoms with Gasteiger partial charge in [-0.1, -0.05) is 0 Å². The van der Waals surface area contributed by atoms with Crippen molar-refractivity contribution in [2.24, 2.45) is 0 Å². The smallest absolute Gasteiger partial charge is 0.868 e. The van der Waals surface area contributed by atoms with Crippen molar-refractivity contribution in [3.8, 4) is 0 Å². The van der Waals surface area contributed by atoms with E-state index in [-0.39, 0.29) is 21.7 Å². The zero-order valence-corrected chi connectivity index (χ0v) is 5.11. The third-order valence-corrected chi connectivity index (χ3v) is 0. The zero-order valence-electron chi connectivity index (χ0n) is 3.55. The van der Waals surface area contributed by atoms with Crippen molar-refractivity contribution in [2.75, 3.05) is 13.6 Å². The molecule has 5 heteroatoms. The Kier molecular flexibility index (Phi) is 69.3. The molecule has 0 saturated heterocycles. The van der Waals surface area contributed by atoms with Crippen LogP contribution in [0.2, 0.25) is 0 Å². The van der Waals surface area contributed by atoms with Crippen LogP contribution >= 0.6 is 0 Å². The molecule has 0 saturated carbocycles. The second kappa shape index (κ2) is 31.0. The molecule has 0 aliphatic rings. The summed E-state index contributed by atoms with van der Waals surface area (Å²) in [6, 6.07) is 0. The predicted molar refractivity (Wildman–Crippen MR) is 9.73 cm³/mol. The quantitative estimate of drug-likeness (QED) is 0.249. The van der Waals surface area contributed by atoms with Crippen LogP contribution in [0.3, 0.4) is 0 Å². The third kappa shape index (κ3) is 442. The first kappa shape index (κ1) is 15.6. The molecule has 0 aromatic rings. The number of rotatable bonds is 0. The summed E-state index contributed by atoms with van der Waals surface area (Å²) in [5.41, 5.74) is 0. The molecule has 0 N–H and O–H groups in total. The molecule has 0 atom stereocenters. The van der Waals surface area contributed by atoms with Gasteiger partial charge in [-0.3, -0.25) is 0 Å². The van der Waals surface area contributed by atoms with Crippen LogP contribution < -0.4 is 20.4 Å². The van der Waals surface area contributed by atoms with Crippen molar-refractivity contribution in [3.05, 3.63) is 0 Å². The maximum absolute atomic E-state index is 8.38. The molecule has 0 rings (SSSR count). The molecule has 0 aromatic carbocycles. The summed E-state index contributed by atoms with van der Waals surface area (Å²) in [4.78, 5) is 0. The largest absolute Gasteiger partial charge is 4.00 e. The predicted octanol–water partition coefficient (Wildman–Crippen LogP) is -4.67. The molecular formula is C2H4O4Ti. The van der Waals surface area contributed by atoms with Gasteiger partial charge in [0.25, 0.3) is 0 Å². The van der Waals surface area contributed by atoms with Crippen LogP contribution in [0.1, 0.15) is 0 Å². The van der Waals surface area contributed by atoms with Gasteiger partial charge in [-0.2, -0.15) is 0 Å². The fourth-order valence-corrected chi connectivity index (χ4v) is 0. The van der Waals surface area contributed by atoms with Gasteiger partial charge in [-0.25, -0.2) is 13.6 Å². The fourth-order valence-electron chi connectivity index (χ4n) is 0. The number of hydrogen-bond donors (Lipinski definition) is 0. The van der Waals surface area contributed by atoms with Crippen molar-refractivity contribution in [3.63, 3.8) is 0 Å². The standard InChI is InChI=1S/2CH2O2.Ti/c2*2-1-3;/h2*1H2;/q2*-2;+4. The maximum atomic E-state index is 8.38. The topological polar surface area (TPSA) is 92.2 Å². The van der Waals surface area contributed by atoms with E-state index in [0.29, 0.717) is 0 Å². The van der Waals surface area contributed by atoms with Crippen LogP contribution in [0.5, 0.6) is 0 Å². The van der Waals surface area contributed by atoms with E-state index in [2.05, 4.69) is 0 Å². The van der Waals surface area contributed by atoms with Crippen LogP contribution in [0, 0.1) is 0 Å². The normalized spacial score (nSPS) is 5.14. The van der Waals surface area contributed by atoms with Crippen molar-refractivity contribution in [1.29, 1.82) is 0 Å². The maximum Gasteiger partial charge on any atom is 4.00 e. The van der Waals surface area contributed by atoms with Crippen LogP contribution in [0.25, 0.3) is 0 Å². The van der Waals surface area contributed by atoms with Gasteiger partial charge in [0.2, 0.25) is 0 Å². The fraction of sp³-hybridized carbons (Fsp3) is 1.00. The van der Waals surface area contributed by atoms with E-state index >= 15 is 0 Å². The van der Waals surface area contributed by atoms with Crippen molar-refractivity contribution in [1.82, 2.24) is 0 Å². The van der Waals surface area contributed by atoms with E-state index in [9.17, 15) is 0 Å². The summed E-state index contributed by atoms with van der Waals surface area (Å²) >= 11 is 0. The minimum atomic E-state index is -1.25. The minimum Gasteiger partial charge on any atom is -0.868 e. The Balaban J connectivity index is -0.0000000400. The van der Waals surface area contributed by atoms with E-state index < -0.39 is 13.6 Å². The van der Waals surface area contributed by atoms with E-state index in [1.54, 1.807) is 0 Å². The molecule has 40 valence electrons. The van der Waals surface area contributed by atoms with Gasteiger partial charge in [0.1, 0.15) is 0 Å². The second-order valence-electron chi connectivity index (χ2n) is 0.236. The molecule has 0 bridgehead atoms. The van der Waals surface area contributed by atoms with E-state index in [1.165, 1.54) is 0 Å². The first-order valence-electron chi connectivity index (χ1n) is 1.15. The van der Waals surface area contributed by atoms with Crippen LogP contribution in [0.15, 0.2) is 0 Å². The molecule has 7 heavy (non-hydrogen) atoms. The van der Waals surface area contributed by atoms with Gasteiger partial charge in [0.15, 0.2) is 0 Å². The molecular weight excluding hydrogens is 136 g/mol. The third-order valence-electron chi connectivity index (χ3n) is 0. The molecule has 0 spiro atoms. The first-order chi connectivity index (χ1) is 2.83. The Labute approximate surface area is 56.3 Å². The van der Waals surface area contributed by atoms with E-state index in [0.717, 1.165) is 0 Å². The Morgan fingerprint density at radius 2 is 0.714 bits per heavy atom. The van der Waals surface area contributed by atoms with Crippen LogP contribution in [-0.2, 0) is 21.7 Å². The van der Waals surface area contributed by atoms with E-state index in [1.807, 2.05) is 0 Å². The van der Waals surface area contributed by atoms with Gasteiger partial charge in [-0.05, 0) is 0 Å². The average Bonchev–Trinajstić information content (AvgIpc) is 1.39. The Morgan fingerprint density at radius 3 is 0.714 bits per heavy atom. The van der Waals surface area contributed by atoms with Crippen molar-refractivity contribution < 1.29 is 42.1 Å². The van der Waals surface area contributed by atoms with Crippen LogP contribution in [0.4, 0.5) is 0 Å².